The summed E-state index contributed by atoms with van der Waals surface area (Å²) in [5.41, 5.74) is -0.376. The predicted molar refractivity (Wildman–Crippen MR) is 51.1 cm³/mol. The number of carbonyl (C=O) groups excluding carboxylic acids is 1. The molecule has 70 valence electrons. The lowest BCUT2D eigenvalue weighted by Crippen LogP contribution is -2.12. The molecule has 0 aromatic carbocycles. The molecule has 0 spiro atoms. The van der Waals surface area contributed by atoms with E-state index in [9.17, 15) is 4.79 Å². The molecule has 0 saturated carbocycles. The Balaban J connectivity index is 3.08. The van der Waals surface area contributed by atoms with Crippen LogP contribution in [0.4, 0.5) is 0 Å². The molecule has 0 radical (unpaired) electrons. The molecular formula is C8H4BrN3O2. The quantitative estimate of drug-likeness (QED) is 0.374. The van der Waals surface area contributed by atoms with Crippen molar-refractivity contribution in [2.75, 3.05) is 0 Å². The van der Waals surface area contributed by atoms with E-state index in [-0.39, 0.29) is 5.56 Å². The maximum absolute atomic E-state index is 11.4. The van der Waals surface area contributed by atoms with Gasteiger partial charge < -0.3 is 5.21 Å². The maximum Gasteiger partial charge on any atom is 0.227 e. The number of carbonyl (C=O) groups is 1. The van der Waals surface area contributed by atoms with Gasteiger partial charge in [0.15, 0.2) is 0 Å². The number of Topliss-reactive ketones (excluding diaryl/α,β-unsaturated/α-hetero) is 1. The minimum absolute atomic E-state index is 0.189. The van der Waals surface area contributed by atoms with Crippen molar-refractivity contribution in [2.45, 2.75) is 0 Å². The highest BCUT2D eigenvalue weighted by Gasteiger charge is 2.14. The third-order valence-corrected chi connectivity index (χ3v) is 1.82. The minimum atomic E-state index is -0.663. The first-order valence-corrected chi connectivity index (χ1v) is 4.25. The number of nitriles is 1. The molecule has 0 aliphatic carbocycles. The van der Waals surface area contributed by atoms with Crippen LogP contribution in [0, 0.1) is 11.3 Å². The zero-order valence-corrected chi connectivity index (χ0v) is 8.39. The molecule has 14 heavy (non-hydrogen) atoms. The van der Waals surface area contributed by atoms with Crippen molar-refractivity contribution in [2.24, 2.45) is 5.16 Å². The smallest absolute Gasteiger partial charge is 0.227 e. The average molecular weight is 254 g/mol. The van der Waals surface area contributed by atoms with Gasteiger partial charge in [0, 0.05) is 22.4 Å². The summed E-state index contributed by atoms with van der Waals surface area (Å²) >= 11 is 3.12. The summed E-state index contributed by atoms with van der Waals surface area (Å²) in [6.07, 6.45) is 2.79. The van der Waals surface area contributed by atoms with Crippen molar-refractivity contribution >= 4 is 27.4 Å². The first-order valence-electron chi connectivity index (χ1n) is 3.46. The summed E-state index contributed by atoms with van der Waals surface area (Å²) < 4.78 is 0.610. The third-order valence-electron chi connectivity index (χ3n) is 1.39. The second-order valence-corrected chi connectivity index (χ2v) is 3.20. The summed E-state index contributed by atoms with van der Waals surface area (Å²) in [6.45, 7) is 0. The van der Waals surface area contributed by atoms with Gasteiger partial charge in [-0.2, -0.15) is 5.26 Å². The van der Waals surface area contributed by atoms with Gasteiger partial charge in [-0.15, -0.1) is 0 Å². The molecule has 1 aromatic rings. The van der Waals surface area contributed by atoms with Gasteiger partial charge >= 0.3 is 0 Å². The summed E-state index contributed by atoms with van der Waals surface area (Å²) in [7, 11) is 0. The molecule has 1 N–H and O–H groups in total. The molecule has 1 aromatic heterocycles. The van der Waals surface area contributed by atoms with Crippen LogP contribution in [0.25, 0.3) is 0 Å². The van der Waals surface area contributed by atoms with E-state index in [0.717, 1.165) is 0 Å². The molecule has 0 saturated heterocycles. The predicted octanol–water partition coefficient (Wildman–Crippen LogP) is 1.38. The molecule has 0 unspecified atom stereocenters. The van der Waals surface area contributed by atoms with Crippen LogP contribution in [0.1, 0.15) is 10.4 Å². The van der Waals surface area contributed by atoms with E-state index >= 15 is 0 Å². The van der Waals surface area contributed by atoms with Crippen molar-refractivity contribution in [3.05, 3.63) is 28.5 Å². The van der Waals surface area contributed by atoms with E-state index in [0.29, 0.717) is 4.47 Å². The van der Waals surface area contributed by atoms with Crippen molar-refractivity contribution in [1.82, 2.24) is 4.98 Å². The highest BCUT2D eigenvalue weighted by atomic mass is 79.9. The molecule has 5 nitrogen and oxygen atoms in total. The zero-order chi connectivity index (χ0) is 10.6. The molecule has 0 aliphatic heterocycles. The van der Waals surface area contributed by atoms with Crippen LogP contribution in [0.3, 0.4) is 0 Å². The second-order valence-electron chi connectivity index (χ2n) is 2.28. The van der Waals surface area contributed by atoms with Crippen LogP contribution >= 0.6 is 15.9 Å². The number of pyridine rings is 1. The molecule has 0 amide bonds. The van der Waals surface area contributed by atoms with Crippen molar-refractivity contribution in [1.29, 1.82) is 5.26 Å². The molecule has 0 fully saturated rings. The second kappa shape index (κ2) is 4.48. The Morgan fingerprint density at radius 2 is 2.36 bits per heavy atom. The summed E-state index contributed by atoms with van der Waals surface area (Å²) in [4.78, 5) is 15.1. The van der Waals surface area contributed by atoms with Gasteiger partial charge in [0.1, 0.15) is 6.07 Å². The lowest BCUT2D eigenvalue weighted by molar-refractivity contribution is 0.106. The fourth-order valence-electron chi connectivity index (χ4n) is 0.791. The van der Waals surface area contributed by atoms with Crippen LogP contribution in [0.2, 0.25) is 0 Å². The maximum atomic E-state index is 11.4. The normalized spacial score (nSPS) is 10.7. The SMILES string of the molecule is N#CC(=NO)C(=O)c1cncc(Br)c1. The number of rotatable bonds is 2. The van der Waals surface area contributed by atoms with Gasteiger partial charge in [0.25, 0.3) is 0 Å². The fourth-order valence-corrected chi connectivity index (χ4v) is 1.16. The van der Waals surface area contributed by atoms with E-state index in [1.54, 1.807) is 0 Å². The Labute approximate surface area is 87.8 Å². The highest BCUT2D eigenvalue weighted by molar-refractivity contribution is 9.10. The number of nitrogens with zero attached hydrogens (tertiary/aromatic N) is 3. The summed E-state index contributed by atoms with van der Waals surface area (Å²) in [6, 6.07) is 2.96. The number of ketones is 1. The average Bonchev–Trinajstić information content (AvgIpc) is 2.19. The Morgan fingerprint density at radius 3 is 2.86 bits per heavy atom. The van der Waals surface area contributed by atoms with Crippen LogP contribution in [-0.2, 0) is 0 Å². The molecule has 6 heteroatoms. The largest absolute Gasteiger partial charge is 0.410 e. The van der Waals surface area contributed by atoms with E-state index in [2.05, 4.69) is 26.1 Å². The van der Waals surface area contributed by atoms with E-state index in [1.807, 2.05) is 0 Å². The van der Waals surface area contributed by atoms with Crippen LogP contribution in [0.5, 0.6) is 0 Å². The number of hydrogen-bond donors (Lipinski definition) is 1. The Kier molecular flexibility index (Phi) is 3.31. The zero-order valence-electron chi connectivity index (χ0n) is 6.81. The van der Waals surface area contributed by atoms with Gasteiger partial charge in [0.05, 0.1) is 0 Å². The first kappa shape index (κ1) is 10.3. The lowest BCUT2D eigenvalue weighted by atomic mass is 10.1. The monoisotopic (exact) mass is 253 g/mol. The van der Waals surface area contributed by atoms with Crippen molar-refractivity contribution in [3.63, 3.8) is 0 Å². The molecule has 0 atom stereocenters. The Hall–Kier alpha value is -1.74. The first-order chi connectivity index (χ1) is 6.69. The summed E-state index contributed by atoms with van der Waals surface area (Å²) in [5.74, 6) is -0.663. The molecule has 1 rings (SSSR count). The molecule has 0 aliphatic rings. The Morgan fingerprint density at radius 1 is 1.64 bits per heavy atom. The van der Waals surface area contributed by atoms with E-state index in [4.69, 9.17) is 10.5 Å². The van der Waals surface area contributed by atoms with E-state index in [1.165, 1.54) is 24.5 Å². The highest BCUT2D eigenvalue weighted by Crippen LogP contribution is 2.10. The fraction of sp³-hybridized carbons (Fsp3) is 0. The minimum Gasteiger partial charge on any atom is -0.410 e. The van der Waals surface area contributed by atoms with Gasteiger partial charge in [-0.3, -0.25) is 9.78 Å². The lowest BCUT2D eigenvalue weighted by Gasteiger charge is -1.96. The van der Waals surface area contributed by atoms with Gasteiger partial charge in [-0.05, 0) is 22.0 Å². The number of hydrogen-bond acceptors (Lipinski definition) is 5. The number of aromatic nitrogens is 1. The molecule has 0 bridgehead atoms. The van der Waals surface area contributed by atoms with E-state index < -0.39 is 11.5 Å². The Bertz CT molecular complexity index is 436. The van der Waals surface area contributed by atoms with Crippen LogP contribution < -0.4 is 0 Å². The van der Waals surface area contributed by atoms with Crippen molar-refractivity contribution < 1.29 is 10.0 Å². The summed E-state index contributed by atoms with van der Waals surface area (Å²) in [5, 5.41) is 19.3. The van der Waals surface area contributed by atoms with Gasteiger partial charge in [0.2, 0.25) is 11.5 Å². The molecular weight excluding hydrogens is 250 g/mol. The van der Waals surface area contributed by atoms with Crippen LogP contribution in [-0.4, -0.2) is 21.7 Å². The topological polar surface area (TPSA) is 86.3 Å². The number of halogens is 1. The van der Waals surface area contributed by atoms with Gasteiger partial charge in [-0.1, -0.05) is 5.16 Å². The third kappa shape index (κ3) is 2.14. The van der Waals surface area contributed by atoms with Crippen LogP contribution in [0.15, 0.2) is 28.1 Å². The van der Waals surface area contributed by atoms with Crippen molar-refractivity contribution in [3.8, 4) is 6.07 Å². The molecule has 1 heterocycles. The standard InChI is InChI=1S/C8H4BrN3O2/c9-6-1-5(3-11-4-6)8(13)7(2-10)12-14/h1,3-4,14H. The number of oxime groups is 1. The van der Waals surface area contributed by atoms with Gasteiger partial charge in [-0.25, -0.2) is 0 Å².